The summed E-state index contributed by atoms with van der Waals surface area (Å²) in [6, 6.07) is 4.13. The van der Waals surface area contributed by atoms with Crippen LogP contribution in [0.5, 0.6) is 0 Å². The predicted molar refractivity (Wildman–Crippen MR) is 74.0 cm³/mol. The zero-order valence-electron chi connectivity index (χ0n) is 12.0. The molecule has 1 aromatic carbocycles. The van der Waals surface area contributed by atoms with Gasteiger partial charge in [0.05, 0.1) is 5.56 Å². The molecule has 1 rings (SSSR count). The molecule has 0 bridgehead atoms. The van der Waals surface area contributed by atoms with Gasteiger partial charge in [0, 0.05) is 25.9 Å². The Labute approximate surface area is 121 Å². The molecule has 0 radical (unpaired) electrons. The van der Waals surface area contributed by atoms with Crippen molar-refractivity contribution in [2.24, 2.45) is 0 Å². The van der Waals surface area contributed by atoms with Crippen LogP contribution in [0.25, 0.3) is 0 Å². The number of hydrogen-bond donors (Lipinski definition) is 2. The number of methoxy groups -OCH3 is 1. The van der Waals surface area contributed by atoms with Gasteiger partial charge in [0.1, 0.15) is 6.04 Å². The van der Waals surface area contributed by atoms with Gasteiger partial charge in [-0.15, -0.1) is 0 Å². The first-order valence-electron chi connectivity index (χ1n) is 6.55. The van der Waals surface area contributed by atoms with E-state index in [1.807, 2.05) is 0 Å². The van der Waals surface area contributed by atoms with Gasteiger partial charge in [-0.3, -0.25) is 4.79 Å². The number of halogens is 3. The highest BCUT2D eigenvalue weighted by atomic mass is 19.4. The third-order valence-electron chi connectivity index (χ3n) is 2.79. The van der Waals surface area contributed by atoms with Crippen LogP contribution in [0.1, 0.15) is 18.9 Å². The van der Waals surface area contributed by atoms with E-state index < -0.39 is 17.8 Å². The lowest BCUT2D eigenvalue weighted by molar-refractivity contribution is -0.137. The quantitative estimate of drug-likeness (QED) is 0.762. The normalized spacial score (nSPS) is 12.8. The highest BCUT2D eigenvalue weighted by molar-refractivity contribution is 5.84. The molecule has 1 aromatic rings. The Morgan fingerprint density at radius 3 is 2.71 bits per heavy atom. The highest BCUT2D eigenvalue weighted by Gasteiger charge is 2.30. The Kier molecular flexibility index (Phi) is 6.48. The minimum Gasteiger partial charge on any atom is -0.385 e. The van der Waals surface area contributed by atoms with Crippen molar-refractivity contribution in [1.29, 1.82) is 0 Å². The maximum Gasteiger partial charge on any atom is 0.416 e. The molecule has 0 fully saturated rings. The first kappa shape index (κ1) is 17.3. The number of rotatable bonds is 7. The first-order valence-corrected chi connectivity index (χ1v) is 6.55. The molecule has 0 heterocycles. The Balaban J connectivity index is 2.54. The second-order valence-corrected chi connectivity index (χ2v) is 4.58. The third-order valence-corrected chi connectivity index (χ3v) is 2.79. The number of ether oxygens (including phenoxy) is 1. The zero-order valence-corrected chi connectivity index (χ0v) is 12.0. The van der Waals surface area contributed by atoms with Gasteiger partial charge in [0.2, 0.25) is 5.91 Å². The number of alkyl halides is 3. The van der Waals surface area contributed by atoms with Gasteiger partial charge >= 0.3 is 6.18 Å². The van der Waals surface area contributed by atoms with Crippen molar-refractivity contribution in [3.8, 4) is 0 Å². The van der Waals surface area contributed by atoms with Crippen molar-refractivity contribution in [3.63, 3.8) is 0 Å². The van der Waals surface area contributed by atoms with Crippen LogP contribution in [0.15, 0.2) is 24.3 Å². The second-order valence-electron chi connectivity index (χ2n) is 4.58. The Bertz CT molecular complexity index is 464. The third kappa shape index (κ3) is 6.03. The molecule has 0 saturated carbocycles. The summed E-state index contributed by atoms with van der Waals surface area (Å²) in [6.45, 7) is 2.59. The van der Waals surface area contributed by atoms with Gasteiger partial charge < -0.3 is 15.4 Å². The summed E-state index contributed by atoms with van der Waals surface area (Å²) in [4.78, 5) is 11.8. The van der Waals surface area contributed by atoms with Crippen molar-refractivity contribution in [3.05, 3.63) is 29.8 Å². The van der Waals surface area contributed by atoms with Gasteiger partial charge in [-0.2, -0.15) is 13.2 Å². The monoisotopic (exact) mass is 304 g/mol. The second kappa shape index (κ2) is 7.87. The molecule has 0 saturated heterocycles. The van der Waals surface area contributed by atoms with Crippen LogP contribution >= 0.6 is 0 Å². The van der Waals surface area contributed by atoms with Crippen LogP contribution in [0.3, 0.4) is 0 Å². The van der Waals surface area contributed by atoms with Crippen LogP contribution in [0.2, 0.25) is 0 Å². The number of benzene rings is 1. The molecular weight excluding hydrogens is 285 g/mol. The largest absolute Gasteiger partial charge is 0.416 e. The van der Waals surface area contributed by atoms with E-state index in [1.54, 1.807) is 14.0 Å². The smallest absolute Gasteiger partial charge is 0.385 e. The molecule has 1 unspecified atom stereocenters. The summed E-state index contributed by atoms with van der Waals surface area (Å²) in [5, 5.41) is 5.43. The van der Waals surface area contributed by atoms with Gasteiger partial charge in [-0.05, 0) is 31.5 Å². The van der Waals surface area contributed by atoms with E-state index in [-0.39, 0.29) is 11.6 Å². The van der Waals surface area contributed by atoms with Gasteiger partial charge in [0.15, 0.2) is 0 Å². The lowest BCUT2D eigenvalue weighted by atomic mass is 10.2. The van der Waals surface area contributed by atoms with E-state index in [9.17, 15) is 18.0 Å². The number of nitrogens with one attached hydrogen (secondary N) is 2. The Hall–Kier alpha value is -1.76. The fourth-order valence-corrected chi connectivity index (χ4v) is 1.68. The van der Waals surface area contributed by atoms with Crippen LogP contribution in [0.4, 0.5) is 18.9 Å². The Morgan fingerprint density at radius 1 is 1.38 bits per heavy atom. The summed E-state index contributed by atoms with van der Waals surface area (Å²) in [6.07, 6.45) is -3.72. The zero-order chi connectivity index (χ0) is 15.9. The fourth-order valence-electron chi connectivity index (χ4n) is 1.68. The topological polar surface area (TPSA) is 50.4 Å². The van der Waals surface area contributed by atoms with Crippen molar-refractivity contribution >= 4 is 11.6 Å². The number of carbonyl (C=O) groups excluding carboxylic acids is 1. The number of anilines is 1. The Morgan fingerprint density at radius 2 is 2.10 bits per heavy atom. The summed E-state index contributed by atoms with van der Waals surface area (Å²) in [5.41, 5.74) is -0.496. The number of amides is 1. The van der Waals surface area contributed by atoms with E-state index in [2.05, 4.69) is 10.6 Å². The summed E-state index contributed by atoms with van der Waals surface area (Å²) in [5.74, 6) is -0.275. The highest BCUT2D eigenvalue weighted by Crippen LogP contribution is 2.30. The predicted octanol–water partition coefficient (Wildman–Crippen LogP) is 2.66. The molecule has 21 heavy (non-hydrogen) atoms. The lowest BCUT2D eigenvalue weighted by Gasteiger charge is -2.16. The SMILES string of the molecule is COCCCNC(=O)C(C)Nc1cccc(C(F)(F)F)c1. The lowest BCUT2D eigenvalue weighted by Crippen LogP contribution is -2.38. The molecule has 0 aliphatic heterocycles. The first-order chi connectivity index (χ1) is 9.84. The molecule has 1 amide bonds. The van der Waals surface area contributed by atoms with E-state index in [1.165, 1.54) is 12.1 Å². The minimum atomic E-state index is -4.40. The van der Waals surface area contributed by atoms with Crippen molar-refractivity contribution in [2.75, 3.05) is 25.6 Å². The molecule has 0 aliphatic rings. The number of carbonyl (C=O) groups is 1. The fraction of sp³-hybridized carbons (Fsp3) is 0.500. The maximum absolute atomic E-state index is 12.6. The maximum atomic E-state index is 12.6. The molecule has 118 valence electrons. The van der Waals surface area contributed by atoms with Crippen LogP contribution in [0, 0.1) is 0 Å². The van der Waals surface area contributed by atoms with Crippen LogP contribution < -0.4 is 10.6 Å². The van der Waals surface area contributed by atoms with Crippen molar-refractivity contribution in [2.45, 2.75) is 25.6 Å². The van der Waals surface area contributed by atoms with Crippen LogP contribution in [-0.2, 0) is 15.7 Å². The molecule has 2 N–H and O–H groups in total. The summed E-state index contributed by atoms with van der Waals surface area (Å²) < 4.78 is 42.6. The van der Waals surface area contributed by atoms with Gasteiger partial charge in [-0.1, -0.05) is 6.07 Å². The summed E-state index contributed by atoms with van der Waals surface area (Å²) >= 11 is 0. The molecule has 7 heteroatoms. The molecule has 1 atom stereocenters. The van der Waals surface area contributed by atoms with Crippen molar-refractivity contribution in [1.82, 2.24) is 5.32 Å². The molecule has 0 spiro atoms. The molecular formula is C14H19F3N2O2. The van der Waals surface area contributed by atoms with Crippen LogP contribution in [-0.4, -0.2) is 32.2 Å². The van der Waals surface area contributed by atoms with E-state index in [0.29, 0.717) is 19.6 Å². The average Bonchev–Trinajstić information content (AvgIpc) is 2.42. The van der Waals surface area contributed by atoms with E-state index in [4.69, 9.17) is 4.74 Å². The van der Waals surface area contributed by atoms with Crippen molar-refractivity contribution < 1.29 is 22.7 Å². The standard InChI is InChI=1S/C14H19F3N2O2/c1-10(13(20)18-7-4-8-21-2)19-12-6-3-5-11(9-12)14(15,16)17/h3,5-6,9-10,19H,4,7-8H2,1-2H3,(H,18,20). The minimum absolute atomic E-state index is 0.254. The summed E-state index contributed by atoms with van der Waals surface area (Å²) in [7, 11) is 1.57. The molecule has 0 aromatic heterocycles. The van der Waals surface area contributed by atoms with Gasteiger partial charge in [-0.25, -0.2) is 0 Å². The molecule has 4 nitrogen and oxygen atoms in total. The number of hydrogen-bond acceptors (Lipinski definition) is 3. The van der Waals surface area contributed by atoms with E-state index >= 15 is 0 Å². The van der Waals surface area contributed by atoms with Gasteiger partial charge in [0.25, 0.3) is 0 Å². The molecule has 0 aliphatic carbocycles. The average molecular weight is 304 g/mol. The van der Waals surface area contributed by atoms with E-state index in [0.717, 1.165) is 12.1 Å².